The zero-order valence-corrected chi connectivity index (χ0v) is 9.97. The van der Waals surface area contributed by atoms with Crippen molar-refractivity contribution in [2.24, 2.45) is 0 Å². The highest BCUT2D eigenvalue weighted by molar-refractivity contribution is 7.89. The molecule has 0 saturated carbocycles. The van der Waals surface area contributed by atoms with Crippen molar-refractivity contribution < 1.29 is 8.42 Å². The van der Waals surface area contributed by atoms with Gasteiger partial charge in [0.05, 0.1) is 6.20 Å². The molecule has 88 valence electrons. The summed E-state index contributed by atoms with van der Waals surface area (Å²) in [5, 5.41) is 0.102. The summed E-state index contributed by atoms with van der Waals surface area (Å²) in [4.78, 5) is 6.68. The molecule has 0 atom stereocenters. The Morgan fingerprint density at radius 3 is 2.94 bits per heavy atom. The van der Waals surface area contributed by atoms with Gasteiger partial charge < -0.3 is 4.98 Å². The number of aryl methyl sites for hydroxylation is 1. The monoisotopic (exact) mass is 241 g/mol. The van der Waals surface area contributed by atoms with E-state index in [-0.39, 0.29) is 5.03 Å². The van der Waals surface area contributed by atoms with Gasteiger partial charge in [-0.15, -0.1) is 12.3 Å². The van der Waals surface area contributed by atoms with Crippen molar-refractivity contribution in [1.82, 2.24) is 14.7 Å². The zero-order chi connectivity index (χ0) is 12.0. The maximum absolute atomic E-state index is 11.7. The van der Waals surface area contributed by atoms with E-state index in [0.717, 1.165) is 0 Å². The lowest BCUT2D eigenvalue weighted by atomic mass is 10.3. The van der Waals surface area contributed by atoms with Crippen molar-refractivity contribution in [2.75, 3.05) is 6.54 Å². The van der Waals surface area contributed by atoms with Crippen molar-refractivity contribution in [3.63, 3.8) is 0 Å². The van der Waals surface area contributed by atoms with Crippen molar-refractivity contribution in [2.45, 2.75) is 31.2 Å². The van der Waals surface area contributed by atoms with E-state index < -0.39 is 10.0 Å². The SMILES string of the molecule is C#CCCCNS(=O)(=O)c1cnc(CC)[nH]1. The molecule has 16 heavy (non-hydrogen) atoms. The number of unbranched alkanes of at least 4 members (excludes halogenated alkanes) is 1. The number of rotatable bonds is 6. The molecule has 1 rings (SSSR count). The van der Waals surface area contributed by atoms with Crippen LogP contribution in [0.3, 0.4) is 0 Å². The molecule has 0 aliphatic rings. The molecule has 0 unspecified atom stereocenters. The molecule has 6 heteroatoms. The Morgan fingerprint density at radius 2 is 2.38 bits per heavy atom. The predicted octanol–water partition coefficient (Wildman–Crippen LogP) is 0.664. The van der Waals surface area contributed by atoms with Gasteiger partial charge in [0.2, 0.25) is 0 Å². The second-order valence-corrected chi connectivity index (χ2v) is 4.99. The van der Waals surface area contributed by atoms with Crippen LogP contribution in [0.25, 0.3) is 0 Å². The Labute approximate surface area is 95.7 Å². The van der Waals surface area contributed by atoms with Gasteiger partial charge in [-0.2, -0.15) is 0 Å². The summed E-state index contributed by atoms with van der Waals surface area (Å²) >= 11 is 0. The van der Waals surface area contributed by atoms with E-state index in [9.17, 15) is 8.42 Å². The van der Waals surface area contributed by atoms with Crippen molar-refractivity contribution in [1.29, 1.82) is 0 Å². The molecule has 0 spiro atoms. The smallest absolute Gasteiger partial charge is 0.257 e. The maximum atomic E-state index is 11.7. The van der Waals surface area contributed by atoms with Gasteiger partial charge in [-0.25, -0.2) is 18.1 Å². The lowest BCUT2D eigenvalue weighted by molar-refractivity contribution is 0.576. The maximum Gasteiger partial charge on any atom is 0.257 e. The van der Waals surface area contributed by atoms with Crippen LogP contribution in [0, 0.1) is 12.3 Å². The van der Waals surface area contributed by atoms with Gasteiger partial charge in [0.25, 0.3) is 10.0 Å². The summed E-state index contributed by atoms with van der Waals surface area (Å²) in [5.41, 5.74) is 0. The second-order valence-electron chi connectivity index (χ2n) is 3.25. The average molecular weight is 241 g/mol. The molecule has 1 aromatic heterocycles. The molecule has 0 radical (unpaired) electrons. The van der Waals surface area contributed by atoms with E-state index in [0.29, 0.717) is 31.6 Å². The first-order chi connectivity index (χ1) is 7.60. The van der Waals surface area contributed by atoms with Crippen LogP contribution in [0.15, 0.2) is 11.2 Å². The highest BCUT2D eigenvalue weighted by Crippen LogP contribution is 2.05. The number of sulfonamides is 1. The molecule has 0 fully saturated rings. The lowest BCUT2D eigenvalue weighted by Gasteiger charge is -2.02. The number of imidazole rings is 1. The normalized spacial score (nSPS) is 11.2. The van der Waals surface area contributed by atoms with Crippen molar-refractivity contribution in [3.8, 4) is 12.3 Å². The highest BCUT2D eigenvalue weighted by Gasteiger charge is 2.15. The van der Waals surface area contributed by atoms with E-state index in [2.05, 4.69) is 20.6 Å². The summed E-state index contributed by atoms with van der Waals surface area (Å²) < 4.78 is 25.8. The topological polar surface area (TPSA) is 74.8 Å². The number of terminal acetylenes is 1. The first-order valence-electron chi connectivity index (χ1n) is 5.07. The lowest BCUT2D eigenvalue weighted by Crippen LogP contribution is -2.25. The fourth-order valence-electron chi connectivity index (χ4n) is 1.13. The minimum Gasteiger partial charge on any atom is -0.332 e. The number of aromatic nitrogens is 2. The zero-order valence-electron chi connectivity index (χ0n) is 9.16. The molecular formula is C10H15N3O2S. The van der Waals surface area contributed by atoms with Gasteiger partial charge in [0, 0.05) is 19.4 Å². The van der Waals surface area contributed by atoms with Gasteiger partial charge in [0.1, 0.15) is 5.82 Å². The fourth-order valence-corrected chi connectivity index (χ4v) is 2.15. The molecular weight excluding hydrogens is 226 g/mol. The minimum atomic E-state index is -3.47. The number of H-pyrrole nitrogens is 1. The average Bonchev–Trinajstić information content (AvgIpc) is 2.73. The third kappa shape index (κ3) is 3.36. The second kappa shape index (κ2) is 5.68. The number of hydrogen-bond donors (Lipinski definition) is 2. The van der Waals surface area contributed by atoms with E-state index in [1.165, 1.54) is 6.20 Å². The van der Waals surface area contributed by atoms with Gasteiger partial charge >= 0.3 is 0 Å². The molecule has 0 bridgehead atoms. The third-order valence-corrected chi connectivity index (χ3v) is 3.39. The molecule has 0 aromatic carbocycles. The quantitative estimate of drug-likeness (QED) is 0.567. The number of nitrogens with zero attached hydrogens (tertiary/aromatic N) is 1. The summed E-state index contributed by atoms with van der Waals surface area (Å²) in [6.07, 6.45) is 8.25. The molecule has 0 aliphatic carbocycles. The Kier molecular flexibility index (Phi) is 4.52. The molecule has 1 heterocycles. The Balaban J connectivity index is 2.60. The molecule has 0 aliphatic heterocycles. The van der Waals surface area contributed by atoms with Crippen LogP contribution in [-0.4, -0.2) is 24.9 Å². The Bertz CT molecular complexity index is 470. The number of hydrogen-bond acceptors (Lipinski definition) is 3. The molecule has 5 nitrogen and oxygen atoms in total. The van der Waals surface area contributed by atoms with Gasteiger partial charge in [0.15, 0.2) is 5.03 Å². The fraction of sp³-hybridized carbons (Fsp3) is 0.500. The Hall–Kier alpha value is -1.32. The van der Waals surface area contributed by atoms with Crippen LogP contribution in [0.1, 0.15) is 25.6 Å². The predicted molar refractivity (Wildman–Crippen MR) is 61.2 cm³/mol. The van der Waals surface area contributed by atoms with Gasteiger partial charge in [-0.3, -0.25) is 0 Å². The van der Waals surface area contributed by atoms with Crippen molar-refractivity contribution in [3.05, 3.63) is 12.0 Å². The summed E-state index contributed by atoms with van der Waals surface area (Å²) in [6, 6.07) is 0. The molecule has 1 aromatic rings. The van der Waals surface area contributed by atoms with Crippen LogP contribution in [0.5, 0.6) is 0 Å². The van der Waals surface area contributed by atoms with Crippen LogP contribution in [0.4, 0.5) is 0 Å². The Morgan fingerprint density at radius 1 is 1.62 bits per heavy atom. The van der Waals surface area contributed by atoms with Crippen LogP contribution in [-0.2, 0) is 16.4 Å². The number of nitrogens with one attached hydrogen (secondary N) is 2. The van der Waals surface area contributed by atoms with Crippen LogP contribution in [0.2, 0.25) is 0 Å². The number of aromatic amines is 1. The largest absolute Gasteiger partial charge is 0.332 e. The minimum absolute atomic E-state index is 0.102. The highest BCUT2D eigenvalue weighted by atomic mass is 32.2. The summed E-state index contributed by atoms with van der Waals surface area (Å²) in [7, 11) is -3.47. The van der Waals surface area contributed by atoms with Crippen LogP contribution < -0.4 is 4.72 Å². The molecule has 0 amide bonds. The van der Waals surface area contributed by atoms with Gasteiger partial charge in [-0.05, 0) is 6.42 Å². The third-order valence-electron chi connectivity index (χ3n) is 2.02. The standard InChI is InChI=1S/C10H15N3O2S/c1-3-5-6-7-12-16(14,15)10-8-11-9(4-2)13-10/h1,8,12H,4-7H2,2H3,(H,11,13). The van der Waals surface area contributed by atoms with E-state index in [1.54, 1.807) is 0 Å². The van der Waals surface area contributed by atoms with E-state index in [1.807, 2.05) is 6.92 Å². The van der Waals surface area contributed by atoms with Gasteiger partial charge in [-0.1, -0.05) is 6.92 Å². The van der Waals surface area contributed by atoms with Crippen molar-refractivity contribution >= 4 is 10.0 Å². The first kappa shape index (κ1) is 12.7. The summed E-state index contributed by atoms with van der Waals surface area (Å²) in [5.74, 6) is 3.11. The van der Waals surface area contributed by atoms with Crippen LogP contribution >= 0.6 is 0 Å². The first-order valence-corrected chi connectivity index (χ1v) is 6.55. The van der Waals surface area contributed by atoms with E-state index >= 15 is 0 Å². The molecule has 2 N–H and O–H groups in total. The summed E-state index contributed by atoms with van der Waals surface area (Å²) in [6.45, 7) is 2.24. The molecule has 0 saturated heterocycles. The van der Waals surface area contributed by atoms with E-state index in [4.69, 9.17) is 6.42 Å².